The molecule has 0 aliphatic carbocycles. The predicted molar refractivity (Wildman–Crippen MR) is 112 cm³/mol. The first kappa shape index (κ1) is 22.6. The summed E-state index contributed by atoms with van der Waals surface area (Å²) >= 11 is 0. The summed E-state index contributed by atoms with van der Waals surface area (Å²) in [6, 6.07) is 10.2. The molecule has 1 fully saturated rings. The first-order valence-electron chi connectivity index (χ1n) is 10.4. The molecule has 174 valence electrons. The summed E-state index contributed by atoms with van der Waals surface area (Å²) in [6.45, 7) is 2.73. The molecule has 0 bridgehead atoms. The number of amides is 1. The highest BCUT2D eigenvalue weighted by molar-refractivity contribution is 5.79. The number of hydrogen-bond acceptors (Lipinski definition) is 6. The third kappa shape index (κ3) is 4.94. The lowest BCUT2D eigenvalue weighted by Crippen LogP contribution is -2.24. The number of nitrogens with zero attached hydrogens (tertiary/aromatic N) is 3. The zero-order valence-electron chi connectivity index (χ0n) is 18.1. The van der Waals surface area contributed by atoms with Crippen LogP contribution in [0.3, 0.4) is 0 Å². The minimum atomic E-state index is -4.43. The van der Waals surface area contributed by atoms with Crippen molar-refractivity contribution in [2.75, 3.05) is 20.3 Å². The number of rotatable bonds is 7. The van der Waals surface area contributed by atoms with E-state index >= 15 is 0 Å². The molecule has 7 nitrogen and oxygen atoms in total. The van der Waals surface area contributed by atoms with Gasteiger partial charge in [-0.15, -0.1) is 0 Å². The van der Waals surface area contributed by atoms with Gasteiger partial charge >= 0.3 is 6.18 Å². The van der Waals surface area contributed by atoms with E-state index in [-0.39, 0.29) is 31.3 Å². The molecule has 3 aromatic rings. The summed E-state index contributed by atoms with van der Waals surface area (Å²) in [5, 5.41) is 4.02. The van der Waals surface area contributed by atoms with Crippen molar-refractivity contribution in [1.29, 1.82) is 0 Å². The number of ether oxygens (including phenoxy) is 2. The summed E-state index contributed by atoms with van der Waals surface area (Å²) in [5.41, 5.74) is 0.331. The average molecular weight is 461 g/mol. The van der Waals surface area contributed by atoms with Gasteiger partial charge in [0.2, 0.25) is 17.6 Å². The fourth-order valence-electron chi connectivity index (χ4n) is 3.76. The van der Waals surface area contributed by atoms with E-state index in [4.69, 9.17) is 14.0 Å². The van der Waals surface area contributed by atoms with Crippen molar-refractivity contribution in [2.24, 2.45) is 0 Å². The van der Waals surface area contributed by atoms with Crippen molar-refractivity contribution in [1.82, 2.24) is 15.0 Å². The van der Waals surface area contributed by atoms with Crippen LogP contribution in [-0.2, 0) is 17.5 Å². The summed E-state index contributed by atoms with van der Waals surface area (Å²) in [6.07, 6.45) is -4.29. The molecule has 2 heterocycles. The Labute approximate surface area is 188 Å². The van der Waals surface area contributed by atoms with Gasteiger partial charge in [0.05, 0.1) is 25.2 Å². The van der Waals surface area contributed by atoms with Crippen LogP contribution in [0, 0.1) is 0 Å². The zero-order chi connectivity index (χ0) is 23.6. The van der Waals surface area contributed by atoms with Crippen LogP contribution in [0.15, 0.2) is 47.0 Å². The number of aromatic nitrogens is 2. The Bertz CT molecular complexity index is 1150. The first-order valence-corrected chi connectivity index (χ1v) is 10.4. The molecular weight excluding hydrogens is 439 g/mol. The Hall–Kier alpha value is -3.56. The Balaban J connectivity index is 1.47. The van der Waals surface area contributed by atoms with Crippen LogP contribution < -0.4 is 9.47 Å². The van der Waals surface area contributed by atoms with E-state index in [1.807, 2.05) is 6.92 Å². The van der Waals surface area contributed by atoms with E-state index in [1.54, 1.807) is 24.3 Å². The van der Waals surface area contributed by atoms with E-state index < -0.39 is 11.7 Å². The Morgan fingerprint density at radius 2 is 2.00 bits per heavy atom. The van der Waals surface area contributed by atoms with Gasteiger partial charge in [0, 0.05) is 25.1 Å². The van der Waals surface area contributed by atoms with Crippen molar-refractivity contribution >= 4 is 5.91 Å². The number of carbonyl (C=O) groups is 1. The van der Waals surface area contributed by atoms with Crippen LogP contribution in [0.25, 0.3) is 11.4 Å². The molecule has 10 heteroatoms. The van der Waals surface area contributed by atoms with Crippen molar-refractivity contribution in [2.45, 2.75) is 32.0 Å². The molecule has 0 spiro atoms. The zero-order valence-corrected chi connectivity index (χ0v) is 18.1. The van der Waals surface area contributed by atoms with Crippen LogP contribution in [0.4, 0.5) is 13.2 Å². The number of likely N-dealkylation sites (tertiary alicyclic amines) is 1. The highest BCUT2D eigenvalue weighted by Gasteiger charge is 2.35. The van der Waals surface area contributed by atoms with Crippen LogP contribution in [0.2, 0.25) is 0 Å². The second-order valence-corrected chi connectivity index (χ2v) is 7.63. The monoisotopic (exact) mass is 461 g/mol. The third-order valence-corrected chi connectivity index (χ3v) is 5.35. The number of halogens is 3. The quantitative estimate of drug-likeness (QED) is 0.509. The number of carbonyl (C=O) groups excluding carboxylic acids is 1. The maximum atomic E-state index is 13.0. The van der Waals surface area contributed by atoms with Gasteiger partial charge in [-0.25, -0.2) is 0 Å². The molecule has 4 rings (SSSR count). The van der Waals surface area contributed by atoms with E-state index in [9.17, 15) is 18.0 Å². The highest BCUT2D eigenvalue weighted by Crippen LogP contribution is 2.34. The third-order valence-electron chi connectivity index (χ3n) is 5.35. The molecule has 0 saturated carbocycles. The van der Waals surface area contributed by atoms with E-state index in [0.717, 1.165) is 12.1 Å². The van der Waals surface area contributed by atoms with Gasteiger partial charge in [-0.1, -0.05) is 17.3 Å². The number of methoxy groups -OCH3 is 1. The van der Waals surface area contributed by atoms with Gasteiger partial charge in [-0.05, 0) is 42.8 Å². The molecule has 1 aliphatic rings. The standard InChI is InChI=1S/C23H22F3N3O4/c1-3-32-18-8-7-15(10-19(18)31-2)21-27-22(33-28-21)16-11-20(30)29(13-16)12-14-5-4-6-17(9-14)23(24,25)26/h4-10,16H,3,11-13H2,1-2H3. The van der Waals surface area contributed by atoms with Crippen molar-refractivity contribution in [3.8, 4) is 22.9 Å². The molecule has 1 aliphatic heterocycles. The lowest BCUT2D eigenvalue weighted by atomic mass is 10.1. The van der Waals surface area contributed by atoms with E-state index in [2.05, 4.69) is 10.1 Å². The van der Waals surface area contributed by atoms with Gasteiger partial charge < -0.3 is 18.9 Å². The minimum absolute atomic E-state index is 0.0797. The van der Waals surface area contributed by atoms with Crippen LogP contribution >= 0.6 is 0 Å². The van der Waals surface area contributed by atoms with Crippen LogP contribution in [-0.4, -0.2) is 41.2 Å². The fourth-order valence-corrected chi connectivity index (χ4v) is 3.76. The number of benzene rings is 2. The highest BCUT2D eigenvalue weighted by atomic mass is 19.4. The molecule has 1 saturated heterocycles. The van der Waals surface area contributed by atoms with Gasteiger partial charge in [0.25, 0.3) is 0 Å². The smallest absolute Gasteiger partial charge is 0.416 e. The maximum Gasteiger partial charge on any atom is 0.416 e. The first-order chi connectivity index (χ1) is 15.8. The Kier molecular flexibility index (Phi) is 6.26. The largest absolute Gasteiger partial charge is 0.493 e. The lowest BCUT2D eigenvalue weighted by Gasteiger charge is -2.17. The van der Waals surface area contributed by atoms with Gasteiger partial charge in [0.1, 0.15) is 0 Å². The lowest BCUT2D eigenvalue weighted by molar-refractivity contribution is -0.137. The normalized spacial score (nSPS) is 16.3. The van der Waals surface area contributed by atoms with Crippen molar-refractivity contribution in [3.63, 3.8) is 0 Å². The number of alkyl halides is 3. The SMILES string of the molecule is CCOc1ccc(-c2noc(C3CC(=O)N(Cc4cccc(C(F)(F)F)c4)C3)n2)cc1OC. The summed E-state index contributed by atoms with van der Waals surface area (Å²) in [7, 11) is 1.53. The molecule has 0 radical (unpaired) electrons. The molecule has 1 amide bonds. The van der Waals surface area contributed by atoms with Gasteiger partial charge in [-0.3, -0.25) is 4.79 Å². The molecular formula is C23H22F3N3O4. The maximum absolute atomic E-state index is 13.0. The Morgan fingerprint density at radius 1 is 1.18 bits per heavy atom. The summed E-state index contributed by atoms with van der Waals surface area (Å²) in [5.74, 6) is 1.25. The average Bonchev–Trinajstić information content (AvgIpc) is 3.41. The van der Waals surface area contributed by atoms with Gasteiger partial charge in [-0.2, -0.15) is 18.2 Å². The molecule has 1 atom stereocenters. The molecule has 2 aromatic carbocycles. The van der Waals surface area contributed by atoms with Crippen LogP contribution in [0.5, 0.6) is 11.5 Å². The molecule has 0 N–H and O–H groups in total. The van der Waals surface area contributed by atoms with Crippen molar-refractivity contribution in [3.05, 3.63) is 59.5 Å². The topological polar surface area (TPSA) is 77.7 Å². The summed E-state index contributed by atoms with van der Waals surface area (Å²) in [4.78, 5) is 18.4. The Morgan fingerprint density at radius 3 is 2.73 bits per heavy atom. The molecule has 1 unspecified atom stereocenters. The van der Waals surface area contributed by atoms with Crippen LogP contribution in [0.1, 0.15) is 36.3 Å². The molecule has 1 aromatic heterocycles. The van der Waals surface area contributed by atoms with E-state index in [1.165, 1.54) is 18.1 Å². The molecule has 33 heavy (non-hydrogen) atoms. The van der Waals surface area contributed by atoms with Crippen molar-refractivity contribution < 1.29 is 32.0 Å². The summed E-state index contributed by atoms with van der Waals surface area (Å²) < 4.78 is 55.2. The van der Waals surface area contributed by atoms with Gasteiger partial charge in [0.15, 0.2) is 11.5 Å². The fraction of sp³-hybridized carbons (Fsp3) is 0.348. The predicted octanol–water partition coefficient (Wildman–Crippen LogP) is 4.68. The van der Waals surface area contributed by atoms with E-state index in [0.29, 0.717) is 40.9 Å². The number of hydrogen-bond donors (Lipinski definition) is 0. The second kappa shape index (κ2) is 9.13. The second-order valence-electron chi connectivity index (χ2n) is 7.63. The minimum Gasteiger partial charge on any atom is -0.493 e.